The third-order valence-corrected chi connectivity index (χ3v) is 3.30. The van der Waals surface area contributed by atoms with Gasteiger partial charge in [0.05, 0.1) is 0 Å². The second kappa shape index (κ2) is 6.23. The lowest BCUT2D eigenvalue weighted by atomic mass is 10.1. The van der Waals surface area contributed by atoms with E-state index in [1.54, 1.807) is 6.07 Å². The van der Waals surface area contributed by atoms with Crippen LogP contribution in [0.4, 0.5) is 13.2 Å². The number of unbranched alkanes of at least 4 members (excludes halogenated alkanes) is 2. The highest BCUT2D eigenvalue weighted by atomic mass is 32.2. The smallest absolute Gasteiger partial charge is 0.355 e. The first-order chi connectivity index (χ1) is 8.76. The van der Waals surface area contributed by atoms with Crippen LogP contribution in [-0.4, -0.2) is 18.9 Å². The Kier molecular flexibility index (Phi) is 5.16. The van der Waals surface area contributed by atoms with Crippen molar-refractivity contribution in [1.29, 1.82) is 0 Å². The number of aromatic nitrogens is 1. The van der Waals surface area contributed by atoms with Gasteiger partial charge in [0, 0.05) is 12.3 Å². The van der Waals surface area contributed by atoms with Crippen LogP contribution >= 0.6 is 0 Å². The summed E-state index contributed by atoms with van der Waals surface area (Å²) in [5, 5.41) is 0. The van der Waals surface area contributed by atoms with E-state index in [9.17, 15) is 21.6 Å². The van der Waals surface area contributed by atoms with Gasteiger partial charge in [-0.3, -0.25) is 0 Å². The Bertz CT molecular complexity index is 514. The lowest BCUT2D eigenvalue weighted by Crippen LogP contribution is -2.28. The van der Waals surface area contributed by atoms with Crippen molar-refractivity contribution in [3.63, 3.8) is 0 Å². The summed E-state index contributed by atoms with van der Waals surface area (Å²) in [6.07, 6.45) is 4.73. The van der Waals surface area contributed by atoms with Crippen molar-refractivity contribution >= 4 is 10.1 Å². The van der Waals surface area contributed by atoms with E-state index in [1.807, 2.05) is 6.92 Å². The Morgan fingerprint density at radius 2 is 2.00 bits per heavy atom. The summed E-state index contributed by atoms with van der Waals surface area (Å²) in [6, 6.07) is 2.82. The SMILES string of the molecule is CCCCCc1ccnc(OS(=O)(=O)C(F)(F)F)c1. The Hall–Kier alpha value is -1.31. The highest BCUT2D eigenvalue weighted by Crippen LogP contribution is 2.26. The van der Waals surface area contributed by atoms with Crippen LogP contribution in [0.2, 0.25) is 0 Å². The van der Waals surface area contributed by atoms with Crippen molar-refractivity contribution in [3.05, 3.63) is 23.9 Å². The molecular weight excluding hydrogens is 283 g/mol. The minimum Gasteiger partial charge on any atom is -0.355 e. The van der Waals surface area contributed by atoms with Gasteiger partial charge in [0.15, 0.2) is 0 Å². The van der Waals surface area contributed by atoms with Gasteiger partial charge >= 0.3 is 15.6 Å². The maximum Gasteiger partial charge on any atom is 0.534 e. The van der Waals surface area contributed by atoms with Gasteiger partial charge < -0.3 is 4.18 Å². The van der Waals surface area contributed by atoms with Crippen LogP contribution in [0.3, 0.4) is 0 Å². The largest absolute Gasteiger partial charge is 0.534 e. The van der Waals surface area contributed by atoms with Gasteiger partial charge in [-0.25, -0.2) is 4.98 Å². The van der Waals surface area contributed by atoms with Crippen molar-refractivity contribution < 1.29 is 25.8 Å². The molecule has 0 saturated carbocycles. The number of rotatable bonds is 6. The zero-order valence-electron chi connectivity index (χ0n) is 10.3. The van der Waals surface area contributed by atoms with Crippen LogP contribution in [0.5, 0.6) is 5.88 Å². The summed E-state index contributed by atoms with van der Waals surface area (Å²) < 4.78 is 61.9. The molecule has 0 aliphatic heterocycles. The molecule has 0 aliphatic rings. The van der Waals surface area contributed by atoms with Crippen molar-refractivity contribution in [2.45, 2.75) is 38.1 Å². The van der Waals surface area contributed by atoms with Crippen molar-refractivity contribution in [1.82, 2.24) is 4.98 Å². The summed E-state index contributed by atoms with van der Waals surface area (Å²) >= 11 is 0. The summed E-state index contributed by atoms with van der Waals surface area (Å²) in [5.74, 6) is -0.564. The minimum atomic E-state index is -5.66. The standard InChI is InChI=1S/C11H14F3NO3S/c1-2-3-4-5-9-6-7-15-10(8-9)18-19(16,17)11(12,13)14/h6-8H,2-5H2,1H3. The molecular formula is C11H14F3NO3S. The predicted octanol–water partition coefficient (Wildman–Crippen LogP) is 3.04. The van der Waals surface area contributed by atoms with E-state index >= 15 is 0 Å². The topological polar surface area (TPSA) is 56.3 Å². The van der Waals surface area contributed by atoms with Crippen molar-refractivity contribution in [2.24, 2.45) is 0 Å². The number of aryl methyl sites for hydroxylation is 1. The molecule has 0 atom stereocenters. The molecule has 0 fully saturated rings. The number of nitrogens with zero attached hydrogens (tertiary/aromatic N) is 1. The molecule has 8 heteroatoms. The summed E-state index contributed by atoms with van der Waals surface area (Å²) in [5.41, 5.74) is -4.76. The van der Waals surface area contributed by atoms with Gasteiger partial charge in [-0.05, 0) is 24.5 Å². The fourth-order valence-electron chi connectivity index (χ4n) is 1.39. The molecule has 0 spiro atoms. The van der Waals surface area contributed by atoms with E-state index in [0.29, 0.717) is 12.0 Å². The third-order valence-electron chi connectivity index (χ3n) is 2.35. The first kappa shape index (κ1) is 15.7. The fraction of sp³-hybridized carbons (Fsp3) is 0.545. The monoisotopic (exact) mass is 297 g/mol. The van der Waals surface area contributed by atoms with Crippen LogP contribution in [0.1, 0.15) is 31.7 Å². The van der Waals surface area contributed by atoms with E-state index in [0.717, 1.165) is 19.3 Å². The Morgan fingerprint density at radius 3 is 2.58 bits per heavy atom. The molecule has 0 N–H and O–H groups in total. The maximum atomic E-state index is 12.1. The average molecular weight is 297 g/mol. The van der Waals surface area contributed by atoms with Gasteiger partial charge in [0.25, 0.3) is 0 Å². The lowest BCUT2D eigenvalue weighted by molar-refractivity contribution is -0.0501. The molecule has 1 aromatic rings. The molecule has 1 aromatic heterocycles. The minimum absolute atomic E-state index is 0.564. The van der Waals surface area contributed by atoms with Crippen molar-refractivity contribution in [3.8, 4) is 5.88 Å². The zero-order valence-corrected chi connectivity index (χ0v) is 11.1. The van der Waals surface area contributed by atoms with Gasteiger partial charge in [0.1, 0.15) is 0 Å². The lowest BCUT2D eigenvalue weighted by Gasteiger charge is -2.09. The Morgan fingerprint density at radius 1 is 1.32 bits per heavy atom. The average Bonchev–Trinajstić information content (AvgIpc) is 2.27. The number of hydrogen-bond donors (Lipinski definition) is 0. The molecule has 0 bridgehead atoms. The highest BCUT2D eigenvalue weighted by molar-refractivity contribution is 7.87. The second-order valence-corrected chi connectivity index (χ2v) is 5.48. The van der Waals surface area contributed by atoms with Gasteiger partial charge in [-0.2, -0.15) is 21.6 Å². The van der Waals surface area contributed by atoms with Gasteiger partial charge in [0.2, 0.25) is 5.88 Å². The summed E-state index contributed by atoms with van der Waals surface area (Å²) in [6.45, 7) is 2.02. The molecule has 0 amide bonds. The molecule has 19 heavy (non-hydrogen) atoms. The maximum absolute atomic E-state index is 12.1. The molecule has 0 unspecified atom stereocenters. The number of pyridine rings is 1. The van der Waals surface area contributed by atoms with Gasteiger partial charge in [-0.15, -0.1) is 0 Å². The third kappa shape index (κ3) is 4.70. The number of alkyl halides is 3. The zero-order chi connectivity index (χ0) is 14.5. The first-order valence-electron chi connectivity index (χ1n) is 5.72. The molecule has 0 aliphatic carbocycles. The molecule has 1 rings (SSSR count). The van der Waals surface area contributed by atoms with Crippen LogP contribution in [0.15, 0.2) is 18.3 Å². The van der Waals surface area contributed by atoms with Crippen LogP contribution < -0.4 is 4.18 Å². The Labute approximate surface area is 109 Å². The molecule has 108 valence electrons. The molecule has 1 heterocycles. The molecule has 0 radical (unpaired) electrons. The van der Waals surface area contributed by atoms with Crippen molar-refractivity contribution in [2.75, 3.05) is 0 Å². The summed E-state index contributed by atoms with van der Waals surface area (Å²) in [7, 11) is -5.66. The van der Waals surface area contributed by atoms with Gasteiger partial charge in [-0.1, -0.05) is 19.8 Å². The number of hydrogen-bond acceptors (Lipinski definition) is 4. The van der Waals surface area contributed by atoms with E-state index < -0.39 is 21.5 Å². The number of halogens is 3. The van der Waals surface area contributed by atoms with Crippen LogP contribution in [0.25, 0.3) is 0 Å². The molecule has 4 nitrogen and oxygen atoms in total. The molecule has 0 saturated heterocycles. The fourth-order valence-corrected chi connectivity index (χ4v) is 1.80. The van der Waals surface area contributed by atoms with E-state index in [1.165, 1.54) is 12.3 Å². The second-order valence-electron chi connectivity index (χ2n) is 3.94. The first-order valence-corrected chi connectivity index (χ1v) is 7.13. The van der Waals surface area contributed by atoms with E-state index in [-0.39, 0.29) is 0 Å². The normalized spacial score (nSPS) is 12.4. The van der Waals surface area contributed by atoms with Crippen LogP contribution in [-0.2, 0) is 16.5 Å². The van der Waals surface area contributed by atoms with E-state index in [4.69, 9.17) is 0 Å². The molecule has 0 aromatic carbocycles. The Balaban J connectivity index is 2.78. The van der Waals surface area contributed by atoms with Crippen LogP contribution in [0, 0.1) is 0 Å². The predicted molar refractivity (Wildman–Crippen MR) is 63.1 cm³/mol. The highest BCUT2D eigenvalue weighted by Gasteiger charge is 2.48. The summed E-state index contributed by atoms with van der Waals surface area (Å²) in [4.78, 5) is 3.46. The quantitative estimate of drug-likeness (QED) is 0.460. The van der Waals surface area contributed by atoms with E-state index in [2.05, 4.69) is 9.17 Å².